The molecular weight excluding hydrogens is 166 g/mol. The molecule has 1 aromatic rings. The molecule has 13 heavy (non-hydrogen) atoms. The van der Waals surface area contributed by atoms with Gasteiger partial charge in [-0.05, 0) is 18.6 Å². The highest BCUT2D eigenvalue weighted by atomic mass is 16.7. The molecule has 70 valence electrons. The van der Waals surface area contributed by atoms with Crippen LogP contribution in [0.3, 0.4) is 0 Å². The average Bonchev–Trinajstić information content (AvgIpc) is 2.19. The molecule has 0 radical (unpaired) electrons. The van der Waals surface area contributed by atoms with E-state index in [-0.39, 0.29) is 0 Å². The number of rotatable bonds is 5. The van der Waals surface area contributed by atoms with Crippen LogP contribution in [0.15, 0.2) is 30.3 Å². The van der Waals surface area contributed by atoms with Gasteiger partial charge in [-0.1, -0.05) is 25.1 Å². The number of carbonyl (C=O) groups excluding carboxylic acids is 1. The Morgan fingerprint density at radius 3 is 2.62 bits per heavy atom. The van der Waals surface area contributed by atoms with E-state index in [1.807, 2.05) is 37.3 Å². The zero-order valence-electron chi connectivity index (χ0n) is 7.64. The Morgan fingerprint density at radius 2 is 2.08 bits per heavy atom. The Labute approximate surface area is 77.9 Å². The summed E-state index contributed by atoms with van der Waals surface area (Å²) in [5, 5.41) is 1.29. The summed E-state index contributed by atoms with van der Waals surface area (Å²) in [6, 6.07) is 9.25. The zero-order chi connectivity index (χ0) is 9.52. The van der Waals surface area contributed by atoms with Crippen LogP contribution in [-0.2, 0) is 4.79 Å². The SMILES string of the molecule is CCCN(C=O)Oc1ccccc1. The van der Waals surface area contributed by atoms with Gasteiger partial charge in [0.1, 0.15) is 0 Å². The number of para-hydroxylation sites is 1. The first-order valence-electron chi connectivity index (χ1n) is 4.31. The molecule has 0 spiro atoms. The van der Waals surface area contributed by atoms with Crippen molar-refractivity contribution in [3.63, 3.8) is 0 Å². The number of amides is 1. The second-order valence-corrected chi connectivity index (χ2v) is 2.65. The molecule has 1 aromatic carbocycles. The van der Waals surface area contributed by atoms with Gasteiger partial charge in [0, 0.05) is 0 Å². The van der Waals surface area contributed by atoms with Crippen LogP contribution in [-0.4, -0.2) is 18.0 Å². The standard InChI is InChI=1S/C10H13NO2/c1-2-8-11(9-12)13-10-6-4-3-5-7-10/h3-7,9H,2,8H2,1H3. The summed E-state index contributed by atoms with van der Waals surface area (Å²) in [5.74, 6) is 0.683. The third kappa shape index (κ3) is 3.15. The summed E-state index contributed by atoms with van der Waals surface area (Å²) in [7, 11) is 0. The molecule has 3 nitrogen and oxygen atoms in total. The lowest BCUT2D eigenvalue weighted by atomic mass is 10.3. The van der Waals surface area contributed by atoms with E-state index in [1.165, 1.54) is 5.06 Å². The number of hydrogen-bond acceptors (Lipinski definition) is 2. The third-order valence-electron chi connectivity index (χ3n) is 1.53. The molecule has 0 atom stereocenters. The number of carbonyl (C=O) groups is 1. The number of hydrogen-bond donors (Lipinski definition) is 0. The smallest absolute Gasteiger partial charge is 0.242 e. The monoisotopic (exact) mass is 179 g/mol. The van der Waals surface area contributed by atoms with Crippen LogP contribution >= 0.6 is 0 Å². The molecule has 0 bridgehead atoms. The second kappa shape index (κ2) is 5.19. The highest BCUT2D eigenvalue weighted by Crippen LogP contribution is 2.09. The van der Waals surface area contributed by atoms with E-state index in [4.69, 9.17) is 4.84 Å². The van der Waals surface area contributed by atoms with Gasteiger partial charge in [0.25, 0.3) is 0 Å². The predicted molar refractivity (Wildman–Crippen MR) is 50.1 cm³/mol. The second-order valence-electron chi connectivity index (χ2n) is 2.65. The van der Waals surface area contributed by atoms with Gasteiger partial charge in [-0.25, -0.2) is 0 Å². The maximum atomic E-state index is 10.5. The molecule has 0 N–H and O–H groups in total. The molecule has 0 aliphatic carbocycles. The molecule has 1 amide bonds. The Hall–Kier alpha value is -1.51. The first-order chi connectivity index (χ1) is 6.36. The van der Waals surface area contributed by atoms with Crippen LogP contribution in [0.5, 0.6) is 5.75 Å². The van der Waals surface area contributed by atoms with Gasteiger partial charge in [0.15, 0.2) is 5.75 Å². The minimum Gasteiger partial charge on any atom is -0.377 e. The fraction of sp³-hybridized carbons (Fsp3) is 0.300. The van der Waals surface area contributed by atoms with Gasteiger partial charge < -0.3 is 4.84 Å². The Bertz CT molecular complexity index is 248. The van der Waals surface area contributed by atoms with Crippen molar-refractivity contribution in [1.29, 1.82) is 0 Å². The van der Waals surface area contributed by atoms with Crippen LogP contribution in [0.4, 0.5) is 0 Å². The maximum absolute atomic E-state index is 10.5. The Kier molecular flexibility index (Phi) is 3.82. The van der Waals surface area contributed by atoms with Crippen LogP contribution in [0.1, 0.15) is 13.3 Å². The van der Waals surface area contributed by atoms with Gasteiger partial charge >= 0.3 is 0 Å². The van der Waals surface area contributed by atoms with E-state index < -0.39 is 0 Å². The van der Waals surface area contributed by atoms with E-state index in [0.717, 1.165) is 6.42 Å². The van der Waals surface area contributed by atoms with Crippen LogP contribution in [0.2, 0.25) is 0 Å². The van der Waals surface area contributed by atoms with E-state index in [1.54, 1.807) is 0 Å². The molecule has 3 heteroatoms. The van der Waals surface area contributed by atoms with Crippen molar-refractivity contribution >= 4 is 6.41 Å². The van der Waals surface area contributed by atoms with Crippen molar-refractivity contribution in [2.45, 2.75) is 13.3 Å². The van der Waals surface area contributed by atoms with Crippen molar-refractivity contribution in [2.24, 2.45) is 0 Å². The summed E-state index contributed by atoms with van der Waals surface area (Å²) in [6.45, 7) is 2.60. The predicted octanol–water partition coefficient (Wildman–Crippen LogP) is 1.85. The first-order valence-corrected chi connectivity index (χ1v) is 4.31. The summed E-state index contributed by atoms with van der Waals surface area (Å²) in [5.41, 5.74) is 0. The van der Waals surface area contributed by atoms with Gasteiger partial charge in [-0.2, -0.15) is 5.06 Å². The summed E-state index contributed by atoms with van der Waals surface area (Å²) < 4.78 is 0. The molecule has 0 aromatic heterocycles. The number of hydroxylamine groups is 2. The lowest BCUT2D eigenvalue weighted by molar-refractivity contribution is -0.142. The van der Waals surface area contributed by atoms with E-state index in [0.29, 0.717) is 18.7 Å². The van der Waals surface area contributed by atoms with Crippen molar-refractivity contribution in [1.82, 2.24) is 5.06 Å². The average molecular weight is 179 g/mol. The maximum Gasteiger partial charge on any atom is 0.242 e. The summed E-state index contributed by atoms with van der Waals surface area (Å²) in [6.07, 6.45) is 1.57. The molecule has 0 saturated carbocycles. The Balaban J connectivity index is 2.51. The summed E-state index contributed by atoms with van der Waals surface area (Å²) >= 11 is 0. The van der Waals surface area contributed by atoms with E-state index in [9.17, 15) is 4.79 Å². The number of nitrogens with zero attached hydrogens (tertiary/aromatic N) is 1. The molecule has 0 aliphatic rings. The van der Waals surface area contributed by atoms with E-state index >= 15 is 0 Å². The normalized spacial score (nSPS) is 9.31. The largest absolute Gasteiger partial charge is 0.377 e. The lowest BCUT2D eigenvalue weighted by Crippen LogP contribution is -2.26. The van der Waals surface area contributed by atoms with Crippen molar-refractivity contribution in [3.8, 4) is 5.75 Å². The van der Waals surface area contributed by atoms with Crippen LogP contribution in [0, 0.1) is 0 Å². The lowest BCUT2D eigenvalue weighted by Gasteiger charge is -2.16. The highest BCUT2D eigenvalue weighted by Gasteiger charge is 2.00. The van der Waals surface area contributed by atoms with E-state index in [2.05, 4.69) is 0 Å². The third-order valence-corrected chi connectivity index (χ3v) is 1.53. The molecule has 0 saturated heterocycles. The molecule has 0 heterocycles. The minimum atomic E-state index is 0.610. The molecular formula is C10H13NO2. The van der Waals surface area contributed by atoms with Gasteiger partial charge in [0.2, 0.25) is 6.41 Å². The highest BCUT2D eigenvalue weighted by molar-refractivity contribution is 5.45. The van der Waals surface area contributed by atoms with Crippen LogP contribution in [0.25, 0.3) is 0 Å². The quantitative estimate of drug-likeness (QED) is 0.510. The molecule has 0 aliphatic heterocycles. The minimum absolute atomic E-state index is 0.610. The van der Waals surface area contributed by atoms with Crippen molar-refractivity contribution in [3.05, 3.63) is 30.3 Å². The Morgan fingerprint density at radius 1 is 1.38 bits per heavy atom. The van der Waals surface area contributed by atoms with Crippen molar-refractivity contribution in [2.75, 3.05) is 6.54 Å². The topological polar surface area (TPSA) is 29.5 Å². The van der Waals surface area contributed by atoms with Gasteiger partial charge in [-0.15, -0.1) is 0 Å². The number of benzene rings is 1. The van der Waals surface area contributed by atoms with Gasteiger partial charge in [0.05, 0.1) is 6.54 Å². The van der Waals surface area contributed by atoms with Crippen molar-refractivity contribution < 1.29 is 9.63 Å². The zero-order valence-corrected chi connectivity index (χ0v) is 7.64. The fourth-order valence-corrected chi connectivity index (χ4v) is 0.957. The summed E-state index contributed by atoms with van der Waals surface area (Å²) in [4.78, 5) is 15.8. The van der Waals surface area contributed by atoms with Crippen LogP contribution < -0.4 is 4.84 Å². The fourth-order valence-electron chi connectivity index (χ4n) is 0.957. The molecule has 0 unspecified atom stereocenters. The van der Waals surface area contributed by atoms with Gasteiger partial charge in [-0.3, -0.25) is 4.79 Å². The molecule has 1 rings (SSSR count). The first kappa shape index (κ1) is 9.58. The molecule has 0 fully saturated rings.